The third-order valence-electron chi connectivity index (χ3n) is 2.77. The molecular formula is C11H8Br3I2NO. The molecule has 1 aromatic heterocycles. The fraction of sp³-hybridized carbons (Fsp3) is 0.273. The fourth-order valence-corrected chi connectivity index (χ4v) is 5.77. The SMILES string of the molecule is COC1(c2[nH]c(Br)c(Br)c2Br)C=CC(I)=CC1I. The Kier molecular flexibility index (Phi) is 5.48. The number of H-pyrrole nitrogens is 1. The van der Waals surface area contributed by atoms with Crippen molar-refractivity contribution in [2.24, 2.45) is 0 Å². The smallest absolute Gasteiger partial charge is 0.142 e. The lowest BCUT2D eigenvalue weighted by Gasteiger charge is -2.34. The van der Waals surface area contributed by atoms with Crippen LogP contribution >= 0.6 is 93.0 Å². The summed E-state index contributed by atoms with van der Waals surface area (Å²) in [6, 6.07) is 0. The lowest BCUT2D eigenvalue weighted by molar-refractivity contribution is 0.0347. The summed E-state index contributed by atoms with van der Waals surface area (Å²) in [7, 11) is 1.73. The number of aromatic amines is 1. The van der Waals surface area contributed by atoms with E-state index < -0.39 is 5.60 Å². The van der Waals surface area contributed by atoms with Crippen molar-refractivity contribution in [3.05, 3.63) is 41.1 Å². The monoisotopic (exact) mass is 661 g/mol. The lowest BCUT2D eigenvalue weighted by Crippen LogP contribution is -2.37. The topological polar surface area (TPSA) is 25.0 Å². The van der Waals surface area contributed by atoms with E-state index >= 15 is 0 Å². The Morgan fingerprint density at radius 3 is 2.44 bits per heavy atom. The maximum Gasteiger partial charge on any atom is 0.142 e. The van der Waals surface area contributed by atoms with Crippen LogP contribution in [0.1, 0.15) is 5.69 Å². The summed E-state index contributed by atoms with van der Waals surface area (Å²) >= 11 is 15.3. The molecule has 2 atom stereocenters. The average Bonchev–Trinajstić information content (AvgIpc) is 2.59. The van der Waals surface area contributed by atoms with Gasteiger partial charge in [0.1, 0.15) is 5.60 Å². The number of ether oxygens (including phenoxy) is 1. The number of allylic oxidation sites excluding steroid dienone is 2. The van der Waals surface area contributed by atoms with E-state index in [0.717, 1.165) is 19.2 Å². The molecule has 0 saturated carbocycles. The zero-order valence-electron chi connectivity index (χ0n) is 9.11. The number of nitrogens with one attached hydrogen (secondary N) is 1. The molecule has 1 aromatic rings. The van der Waals surface area contributed by atoms with Crippen LogP contribution in [0.25, 0.3) is 0 Å². The van der Waals surface area contributed by atoms with Crippen molar-refractivity contribution >= 4 is 93.0 Å². The number of hydrogen-bond donors (Lipinski definition) is 1. The van der Waals surface area contributed by atoms with Gasteiger partial charge in [-0.2, -0.15) is 0 Å². The van der Waals surface area contributed by atoms with Crippen LogP contribution < -0.4 is 0 Å². The molecule has 0 amide bonds. The number of hydrogen-bond acceptors (Lipinski definition) is 1. The number of rotatable bonds is 2. The first-order chi connectivity index (χ1) is 8.42. The van der Waals surface area contributed by atoms with E-state index in [1.54, 1.807) is 7.11 Å². The number of alkyl halides is 1. The Bertz CT molecular complexity index is 541. The van der Waals surface area contributed by atoms with Gasteiger partial charge in [0.15, 0.2) is 0 Å². The van der Waals surface area contributed by atoms with Crippen molar-refractivity contribution < 1.29 is 4.74 Å². The molecule has 0 bridgehead atoms. The summed E-state index contributed by atoms with van der Waals surface area (Å²) in [6.07, 6.45) is 6.37. The van der Waals surface area contributed by atoms with Crippen LogP contribution in [0.5, 0.6) is 0 Å². The number of aromatic nitrogens is 1. The molecular weight excluding hydrogens is 656 g/mol. The van der Waals surface area contributed by atoms with Crippen LogP contribution in [0.3, 0.4) is 0 Å². The first-order valence-electron chi connectivity index (χ1n) is 4.91. The van der Waals surface area contributed by atoms with Crippen molar-refractivity contribution in [3.8, 4) is 0 Å². The first-order valence-corrected chi connectivity index (χ1v) is 9.61. The molecule has 0 radical (unpaired) electrons. The Morgan fingerprint density at radius 1 is 1.33 bits per heavy atom. The second-order valence-corrected chi connectivity index (χ2v) is 8.69. The predicted octanol–water partition coefficient (Wildman–Crippen LogP) is 5.84. The molecule has 2 rings (SSSR count). The fourth-order valence-electron chi connectivity index (χ4n) is 1.81. The van der Waals surface area contributed by atoms with Gasteiger partial charge in [-0.3, -0.25) is 0 Å². The molecule has 1 heterocycles. The Hall–Kier alpha value is 1.62. The molecule has 0 fully saturated rings. The Balaban J connectivity index is 2.58. The quantitative estimate of drug-likeness (QED) is 0.313. The largest absolute Gasteiger partial charge is 0.366 e. The van der Waals surface area contributed by atoms with Crippen LogP contribution in [-0.4, -0.2) is 16.0 Å². The highest BCUT2D eigenvalue weighted by atomic mass is 127. The second kappa shape index (κ2) is 6.17. The van der Waals surface area contributed by atoms with Gasteiger partial charge < -0.3 is 9.72 Å². The average molecular weight is 664 g/mol. The normalized spacial score (nSPS) is 27.4. The zero-order valence-corrected chi connectivity index (χ0v) is 18.2. The Labute approximate surface area is 158 Å². The summed E-state index contributed by atoms with van der Waals surface area (Å²) < 4.78 is 10.1. The maximum absolute atomic E-state index is 5.83. The van der Waals surface area contributed by atoms with Gasteiger partial charge in [0, 0.05) is 10.7 Å². The molecule has 1 aliphatic carbocycles. The molecule has 0 spiro atoms. The minimum absolute atomic E-state index is 0.214. The summed E-state index contributed by atoms with van der Waals surface area (Å²) in [5.74, 6) is 0. The van der Waals surface area contributed by atoms with E-state index in [2.05, 4.69) is 116 Å². The van der Waals surface area contributed by atoms with Crippen LogP contribution in [0, 0.1) is 0 Å². The van der Waals surface area contributed by atoms with Crippen LogP contribution in [0.2, 0.25) is 0 Å². The van der Waals surface area contributed by atoms with E-state index in [-0.39, 0.29) is 3.92 Å². The van der Waals surface area contributed by atoms with Crippen molar-refractivity contribution in [2.75, 3.05) is 7.11 Å². The highest BCUT2D eigenvalue weighted by Crippen LogP contribution is 2.46. The number of halogens is 5. The number of methoxy groups -OCH3 is 1. The van der Waals surface area contributed by atoms with Gasteiger partial charge in [0.05, 0.1) is 23.2 Å². The van der Waals surface area contributed by atoms with E-state index in [1.165, 1.54) is 3.58 Å². The molecule has 0 aromatic carbocycles. The molecule has 0 saturated heterocycles. The van der Waals surface area contributed by atoms with Crippen molar-refractivity contribution in [1.29, 1.82) is 0 Å². The second-order valence-electron chi connectivity index (χ2n) is 3.73. The van der Waals surface area contributed by atoms with E-state index in [1.807, 2.05) is 0 Å². The summed E-state index contributed by atoms with van der Waals surface area (Å²) in [5, 5.41) is 0. The lowest BCUT2D eigenvalue weighted by atomic mass is 9.91. The molecule has 1 N–H and O–H groups in total. The highest BCUT2D eigenvalue weighted by Gasteiger charge is 2.41. The van der Waals surface area contributed by atoms with Gasteiger partial charge in [-0.25, -0.2) is 0 Å². The van der Waals surface area contributed by atoms with Crippen molar-refractivity contribution in [2.45, 2.75) is 9.53 Å². The molecule has 2 unspecified atom stereocenters. The molecule has 98 valence electrons. The zero-order chi connectivity index (χ0) is 13.5. The summed E-state index contributed by atoms with van der Waals surface area (Å²) in [5.41, 5.74) is 0.516. The van der Waals surface area contributed by atoms with Gasteiger partial charge in [-0.1, -0.05) is 28.7 Å². The van der Waals surface area contributed by atoms with E-state index in [4.69, 9.17) is 4.74 Å². The molecule has 2 nitrogen and oxygen atoms in total. The van der Waals surface area contributed by atoms with Gasteiger partial charge in [0.25, 0.3) is 0 Å². The predicted molar refractivity (Wildman–Crippen MR) is 102 cm³/mol. The first kappa shape index (κ1) is 16.0. The minimum atomic E-state index is -0.484. The van der Waals surface area contributed by atoms with Crippen LogP contribution in [-0.2, 0) is 10.3 Å². The molecule has 7 heteroatoms. The van der Waals surface area contributed by atoms with Crippen LogP contribution in [0.4, 0.5) is 0 Å². The molecule has 0 aliphatic heterocycles. The van der Waals surface area contributed by atoms with Gasteiger partial charge in [0.2, 0.25) is 0 Å². The standard InChI is InChI=1S/C11H8Br3I2NO/c1-18-11(3-2-5(15)4-6(11)16)9-7(12)8(13)10(14)17-9/h2-4,6,17H,1H3. The summed E-state index contributed by atoms with van der Waals surface area (Å²) in [4.78, 5) is 3.33. The van der Waals surface area contributed by atoms with Gasteiger partial charge in [-0.05, 0) is 82.5 Å². The Morgan fingerprint density at radius 2 is 2.00 bits per heavy atom. The van der Waals surface area contributed by atoms with Gasteiger partial charge >= 0.3 is 0 Å². The third kappa shape index (κ3) is 2.68. The van der Waals surface area contributed by atoms with E-state index in [9.17, 15) is 0 Å². The summed E-state index contributed by atoms with van der Waals surface area (Å²) in [6.45, 7) is 0. The van der Waals surface area contributed by atoms with Gasteiger partial charge in [-0.15, -0.1) is 0 Å². The van der Waals surface area contributed by atoms with Crippen molar-refractivity contribution in [1.82, 2.24) is 4.98 Å². The maximum atomic E-state index is 5.83. The van der Waals surface area contributed by atoms with Crippen LogP contribution in [0.15, 0.2) is 35.4 Å². The van der Waals surface area contributed by atoms with E-state index in [0.29, 0.717) is 0 Å². The highest BCUT2D eigenvalue weighted by molar-refractivity contribution is 14.1. The minimum Gasteiger partial charge on any atom is -0.366 e. The third-order valence-corrected chi connectivity index (χ3v) is 8.02. The molecule has 1 aliphatic rings. The van der Waals surface area contributed by atoms with Crippen molar-refractivity contribution in [3.63, 3.8) is 0 Å². The molecule has 18 heavy (non-hydrogen) atoms.